The topological polar surface area (TPSA) is 55.2 Å². The quantitative estimate of drug-likeness (QED) is 0.570. The molecule has 4 rings (SSSR count). The summed E-state index contributed by atoms with van der Waals surface area (Å²) in [6, 6.07) is 16.5. The molecule has 0 spiro atoms. The zero-order chi connectivity index (χ0) is 20.4. The number of ether oxygens (including phenoxy) is 2. The van der Waals surface area contributed by atoms with E-state index in [4.69, 9.17) is 25.5 Å². The molecule has 0 saturated heterocycles. The lowest BCUT2D eigenvalue weighted by Crippen LogP contribution is -2.30. The molecule has 6 nitrogen and oxygen atoms in total. The summed E-state index contributed by atoms with van der Waals surface area (Å²) in [6.07, 6.45) is -0.501. The number of furan rings is 1. The number of fused-ring (bicyclic) bond motifs is 2. The van der Waals surface area contributed by atoms with Crippen LogP contribution in [0, 0.1) is 0 Å². The summed E-state index contributed by atoms with van der Waals surface area (Å²) < 4.78 is 17.3. The summed E-state index contributed by atoms with van der Waals surface area (Å²) in [7, 11) is 3.92. The van der Waals surface area contributed by atoms with Crippen LogP contribution < -0.4 is 9.64 Å². The fraction of sp³-hybridized carbons (Fsp3) is 0.227. The number of amides is 1. The molecule has 0 N–H and O–H groups in total. The molecule has 2 heterocycles. The maximum atomic E-state index is 12.9. The number of carbonyl (C=O) groups is 1. The number of hydrogen-bond donors (Lipinski definition) is 0. The summed E-state index contributed by atoms with van der Waals surface area (Å²) >= 11 is 6.18. The largest absolute Gasteiger partial charge is 0.461 e. The van der Waals surface area contributed by atoms with Crippen LogP contribution in [0.4, 0.5) is 10.5 Å². The van der Waals surface area contributed by atoms with Gasteiger partial charge in [-0.05, 0) is 50.5 Å². The van der Waals surface area contributed by atoms with Gasteiger partial charge in [0.25, 0.3) is 0 Å². The molecule has 1 aromatic heterocycles. The molecule has 0 atom stereocenters. The average molecular weight is 413 g/mol. The van der Waals surface area contributed by atoms with E-state index >= 15 is 0 Å². The smallest absolute Gasteiger partial charge is 0.415 e. The second-order valence-electron chi connectivity index (χ2n) is 7.07. The summed E-state index contributed by atoms with van der Waals surface area (Å²) in [4.78, 5) is 16.5. The van der Waals surface area contributed by atoms with Crippen molar-refractivity contribution in [3.8, 4) is 11.5 Å². The second kappa shape index (κ2) is 8.19. The lowest BCUT2D eigenvalue weighted by molar-refractivity contribution is 0.136. The van der Waals surface area contributed by atoms with Crippen LogP contribution >= 0.6 is 11.6 Å². The van der Waals surface area contributed by atoms with Crippen LogP contribution in [0.3, 0.4) is 0 Å². The Labute approximate surface area is 174 Å². The van der Waals surface area contributed by atoms with Crippen molar-refractivity contribution in [2.75, 3.05) is 19.0 Å². The van der Waals surface area contributed by atoms with Crippen molar-refractivity contribution in [3.05, 3.63) is 76.7 Å². The molecule has 29 heavy (non-hydrogen) atoms. The zero-order valence-corrected chi connectivity index (χ0v) is 17.0. The first-order valence-electron chi connectivity index (χ1n) is 9.21. The molecule has 1 aliphatic rings. The number of halogens is 1. The first kappa shape index (κ1) is 19.4. The Balaban J connectivity index is 1.55. The van der Waals surface area contributed by atoms with Crippen molar-refractivity contribution in [2.45, 2.75) is 19.7 Å². The fourth-order valence-electron chi connectivity index (χ4n) is 3.17. The maximum Gasteiger partial charge on any atom is 0.415 e. The normalized spacial score (nSPS) is 12.8. The van der Waals surface area contributed by atoms with E-state index in [2.05, 4.69) is 0 Å². The van der Waals surface area contributed by atoms with E-state index in [9.17, 15) is 4.79 Å². The lowest BCUT2D eigenvalue weighted by atomic mass is 10.2. The van der Waals surface area contributed by atoms with Crippen LogP contribution in [0.25, 0.3) is 0 Å². The molecule has 2 aromatic carbocycles. The van der Waals surface area contributed by atoms with Crippen LogP contribution in [0.15, 0.2) is 59.0 Å². The highest BCUT2D eigenvalue weighted by molar-refractivity contribution is 6.31. The second-order valence-corrected chi connectivity index (χ2v) is 7.50. The number of nitrogens with zero attached hydrogens (tertiary/aromatic N) is 2. The molecule has 0 radical (unpaired) electrons. The Morgan fingerprint density at radius 3 is 2.72 bits per heavy atom. The van der Waals surface area contributed by atoms with E-state index in [0.717, 1.165) is 11.3 Å². The first-order chi connectivity index (χ1) is 14.0. The van der Waals surface area contributed by atoms with Crippen molar-refractivity contribution < 1.29 is 18.7 Å². The Bertz CT molecular complexity index is 1030. The summed E-state index contributed by atoms with van der Waals surface area (Å²) in [5, 5.41) is 0.510. The summed E-state index contributed by atoms with van der Waals surface area (Å²) in [5.41, 5.74) is 1.44. The molecule has 0 fully saturated rings. The monoisotopic (exact) mass is 412 g/mol. The van der Waals surface area contributed by atoms with Crippen LogP contribution in [-0.4, -0.2) is 25.1 Å². The predicted octanol–water partition coefficient (Wildman–Crippen LogP) is 5.44. The van der Waals surface area contributed by atoms with Crippen LogP contribution in [0.5, 0.6) is 11.5 Å². The molecule has 1 amide bonds. The van der Waals surface area contributed by atoms with Crippen molar-refractivity contribution in [2.24, 2.45) is 0 Å². The SMILES string of the molecule is CN(C)Cc1ccc(COC(=O)N2Cc3ccccc3Oc3ccc(Cl)cc32)o1. The molecule has 0 aliphatic carbocycles. The van der Waals surface area contributed by atoms with Gasteiger partial charge in [-0.3, -0.25) is 4.90 Å². The minimum atomic E-state index is -0.501. The lowest BCUT2D eigenvalue weighted by Gasteiger charge is -2.21. The summed E-state index contributed by atoms with van der Waals surface area (Å²) in [6.45, 7) is 1.04. The number of carbonyl (C=O) groups excluding carboxylic acids is 1. The van der Waals surface area contributed by atoms with Gasteiger partial charge in [0.15, 0.2) is 12.4 Å². The number of benzene rings is 2. The fourth-order valence-corrected chi connectivity index (χ4v) is 3.33. The van der Waals surface area contributed by atoms with E-state index in [1.54, 1.807) is 18.2 Å². The van der Waals surface area contributed by atoms with Crippen molar-refractivity contribution >= 4 is 23.4 Å². The van der Waals surface area contributed by atoms with E-state index in [1.165, 1.54) is 4.90 Å². The number of hydrogen-bond acceptors (Lipinski definition) is 5. The van der Waals surface area contributed by atoms with Gasteiger partial charge < -0.3 is 18.8 Å². The molecule has 1 aliphatic heterocycles. The summed E-state index contributed by atoms with van der Waals surface area (Å²) in [5.74, 6) is 2.65. The van der Waals surface area contributed by atoms with Crippen LogP contribution in [0.1, 0.15) is 17.1 Å². The Kier molecular flexibility index (Phi) is 5.47. The van der Waals surface area contributed by atoms with Crippen molar-refractivity contribution in [1.82, 2.24) is 4.90 Å². The number of rotatable bonds is 4. The van der Waals surface area contributed by atoms with Gasteiger partial charge in [-0.2, -0.15) is 0 Å². The first-order valence-corrected chi connectivity index (χ1v) is 9.59. The minimum Gasteiger partial charge on any atom is -0.461 e. The van der Waals surface area contributed by atoms with Crippen LogP contribution in [0.2, 0.25) is 5.02 Å². The third kappa shape index (κ3) is 4.39. The molecule has 0 bridgehead atoms. The number of anilines is 1. The number of para-hydroxylation sites is 1. The van der Waals surface area contributed by atoms with Gasteiger partial charge in [-0.15, -0.1) is 0 Å². The molecule has 7 heteroatoms. The molecular formula is C22H21ClN2O4. The highest BCUT2D eigenvalue weighted by Gasteiger charge is 2.27. The third-order valence-corrected chi connectivity index (χ3v) is 4.72. The van der Waals surface area contributed by atoms with Crippen molar-refractivity contribution in [3.63, 3.8) is 0 Å². The Morgan fingerprint density at radius 1 is 1.10 bits per heavy atom. The standard InChI is InChI=1S/C22H21ClN2O4/c1-24(2)13-17-8-9-18(28-17)14-27-22(26)25-12-15-5-3-4-6-20(15)29-21-10-7-16(23)11-19(21)25/h3-11H,12-14H2,1-2H3. The van der Waals surface area contributed by atoms with Gasteiger partial charge in [-0.1, -0.05) is 29.8 Å². The van der Waals surface area contributed by atoms with Gasteiger partial charge in [0, 0.05) is 10.6 Å². The molecule has 0 saturated carbocycles. The highest BCUT2D eigenvalue weighted by atomic mass is 35.5. The third-order valence-electron chi connectivity index (χ3n) is 4.48. The average Bonchev–Trinajstić information content (AvgIpc) is 3.06. The van der Waals surface area contributed by atoms with Gasteiger partial charge in [0.05, 0.1) is 18.8 Å². The minimum absolute atomic E-state index is 0.0428. The van der Waals surface area contributed by atoms with Gasteiger partial charge in [-0.25, -0.2) is 4.79 Å². The Morgan fingerprint density at radius 2 is 1.90 bits per heavy atom. The predicted molar refractivity (Wildman–Crippen MR) is 110 cm³/mol. The maximum absolute atomic E-state index is 12.9. The van der Waals surface area contributed by atoms with Crippen molar-refractivity contribution in [1.29, 1.82) is 0 Å². The van der Waals surface area contributed by atoms with Gasteiger partial charge in [0.2, 0.25) is 0 Å². The molecule has 3 aromatic rings. The van der Waals surface area contributed by atoms with Gasteiger partial charge in [0.1, 0.15) is 17.3 Å². The molecular weight excluding hydrogens is 392 g/mol. The van der Waals surface area contributed by atoms with E-state index in [1.807, 2.05) is 55.4 Å². The van der Waals surface area contributed by atoms with E-state index in [0.29, 0.717) is 41.1 Å². The Hall–Kier alpha value is -2.96. The van der Waals surface area contributed by atoms with Crippen LogP contribution in [-0.2, 0) is 24.4 Å². The van der Waals surface area contributed by atoms with E-state index < -0.39 is 6.09 Å². The highest BCUT2D eigenvalue weighted by Crippen LogP contribution is 2.40. The van der Waals surface area contributed by atoms with E-state index in [-0.39, 0.29) is 6.61 Å². The van der Waals surface area contributed by atoms with Gasteiger partial charge >= 0.3 is 6.09 Å². The molecule has 150 valence electrons. The molecule has 0 unspecified atom stereocenters. The zero-order valence-electron chi connectivity index (χ0n) is 16.2.